The predicted octanol–water partition coefficient (Wildman–Crippen LogP) is 4.37. The number of pyridine rings is 1. The van der Waals surface area contributed by atoms with Crippen molar-refractivity contribution >= 4 is 17.5 Å². The monoisotopic (exact) mass is 488 g/mol. The highest BCUT2D eigenvalue weighted by molar-refractivity contribution is 5.81. The third-order valence-corrected chi connectivity index (χ3v) is 7.35. The molecule has 4 rings (SSSR count). The second-order valence-electron chi connectivity index (χ2n) is 10.2. The lowest BCUT2D eigenvalue weighted by Crippen LogP contribution is -2.51. The molecule has 2 aromatic rings. The van der Waals surface area contributed by atoms with Gasteiger partial charge >= 0.3 is 6.18 Å². The predicted molar refractivity (Wildman–Crippen MR) is 127 cm³/mol. The van der Waals surface area contributed by atoms with E-state index >= 15 is 0 Å². The molecule has 6 nitrogen and oxygen atoms in total. The minimum atomic E-state index is -4.68. The number of alkyl halides is 3. The Morgan fingerprint density at radius 1 is 1.14 bits per heavy atom. The normalized spacial score (nSPS) is 23.6. The number of halogens is 3. The first-order chi connectivity index (χ1) is 16.4. The molecule has 1 fully saturated rings. The first kappa shape index (κ1) is 25.0. The molecule has 0 aliphatic heterocycles. The maximum absolute atomic E-state index is 14.0. The molecule has 1 aromatic heterocycles. The zero-order valence-electron chi connectivity index (χ0n) is 20.3. The van der Waals surface area contributed by atoms with Crippen molar-refractivity contribution in [1.82, 2.24) is 15.2 Å². The second-order valence-corrected chi connectivity index (χ2v) is 10.2. The number of aromatic nitrogens is 1. The van der Waals surface area contributed by atoms with Crippen molar-refractivity contribution in [3.8, 4) is 0 Å². The Kier molecular flexibility index (Phi) is 6.55. The number of hydrogen-bond acceptors (Lipinski definition) is 4. The number of carbonyl (C=O) groups is 2. The van der Waals surface area contributed by atoms with E-state index in [1.165, 1.54) is 37.4 Å². The molecule has 0 saturated heterocycles. The van der Waals surface area contributed by atoms with Crippen LogP contribution < -0.4 is 10.6 Å². The lowest BCUT2D eigenvalue weighted by atomic mass is 9.79. The van der Waals surface area contributed by atoms with E-state index in [4.69, 9.17) is 0 Å². The van der Waals surface area contributed by atoms with Gasteiger partial charge < -0.3 is 15.5 Å². The van der Waals surface area contributed by atoms with Gasteiger partial charge in [0.1, 0.15) is 0 Å². The van der Waals surface area contributed by atoms with E-state index < -0.39 is 24.0 Å². The fourth-order valence-electron chi connectivity index (χ4n) is 5.30. The molecule has 2 N–H and O–H groups in total. The molecule has 1 saturated carbocycles. The van der Waals surface area contributed by atoms with Gasteiger partial charge in [-0.05, 0) is 42.5 Å². The Hall–Kier alpha value is -3.10. The molecular formula is C26H31F3N4O2. The molecule has 0 radical (unpaired) electrons. The zero-order chi connectivity index (χ0) is 25.5. The molecule has 1 aromatic carbocycles. The number of carbonyl (C=O) groups excluding carboxylic acids is 2. The number of hydrogen-bond donors (Lipinski definition) is 2. The minimum absolute atomic E-state index is 0.0744. The molecule has 188 valence electrons. The van der Waals surface area contributed by atoms with Gasteiger partial charge in [0, 0.05) is 37.4 Å². The summed E-state index contributed by atoms with van der Waals surface area (Å²) < 4.78 is 42.1. The fourth-order valence-corrected chi connectivity index (χ4v) is 5.30. The Labute approximate surface area is 203 Å². The highest BCUT2D eigenvalue weighted by atomic mass is 19.4. The minimum Gasteiger partial charge on any atom is -0.380 e. The quantitative estimate of drug-likeness (QED) is 0.633. The summed E-state index contributed by atoms with van der Waals surface area (Å²) in [6.07, 6.45) is -1.79. The first-order valence-corrected chi connectivity index (χ1v) is 11.8. The SMILES string of the molecule is CC(=O)NC1CC(C(=O)N(C)[C@@H](c2ccc(N[C@@H]3Cc4ccccc4C3(C)C)cn2)C(F)(F)F)C1. The number of rotatable bonds is 6. The van der Waals surface area contributed by atoms with Crippen LogP contribution in [0.4, 0.5) is 18.9 Å². The van der Waals surface area contributed by atoms with Crippen LogP contribution in [0.1, 0.15) is 56.5 Å². The fraction of sp³-hybridized carbons (Fsp3) is 0.500. The highest BCUT2D eigenvalue weighted by Gasteiger charge is 2.48. The van der Waals surface area contributed by atoms with Crippen LogP contribution in [0.5, 0.6) is 0 Å². The lowest BCUT2D eigenvalue weighted by Gasteiger charge is -2.39. The number of anilines is 1. The summed E-state index contributed by atoms with van der Waals surface area (Å²) in [6, 6.07) is 8.91. The van der Waals surface area contributed by atoms with Gasteiger partial charge in [-0.25, -0.2) is 0 Å². The summed E-state index contributed by atoms with van der Waals surface area (Å²) in [5.74, 6) is -1.36. The summed E-state index contributed by atoms with van der Waals surface area (Å²) in [5.41, 5.74) is 2.77. The van der Waals surface area contributed by atoms with Crippen molar-refractivity contribution in [2.45, 2.75) is 69.8 Å². The molecule has 0 unspecified atom stereocenters. The van der Waals surface area contributed by atoms with E-state index in [0.29, 0.717) is 18.5 Å². The van der Waals surface area contributed by atoms with Gasteiger partial charge in [0.15, 0.2) is 6.04 Å². The molecule has 35 heavy (non-hydrogen) atoms. The summed E-state index contributed by atoms with van der Waals surface area (Å²) in [6.45, 7) is 5.67. The number of amides is 2. The molecule has 1 heterocycles. The van der Waals surface area contributed by atoms with E-state index in [2.05, 4.69) is 41.6 Å². The molecule has 2 aliphatic rings. The van der Waals surface area contributed by atoms with E-state index in [0.717, 1.165) is 11.3 Å². The Morgan fingerprint density at radius 3 is 2.40 bits per heavy atom. The van der Waals surface area contributed by atoms with Gasteiger partial charge in [0.25, 0.3) is 0 Å². The molecule has 2 amide bonds. The first-order valence-electron chi connectivity index (χ1n) is 11.8. The van der Waals surface area contributed by atoms with Crippen LogP contribution in [0, 0.1) is 5.92 Å². The van der Waals surface area contributed by atoms with E-state index in [9.17, 15) is 22.8 Å². The molecule has 2 atom stereocenters. The van der Waals surface area contributed by atoms with E-state index in [1.54, 1.807) is 6.07 Å². The van der Waals surface area contributed by atoms with Crippen LogP contribution in [0.3, 0.4) is 0 Å². The largest absolute Gasteiger partial charge is 0.414 e. The Balaban J connectivity index is 1.46. The number of nitrogens with one attached hydrogen (secondary N) is 2. The van der Waals surface area contributed by atoms with Crippen LogP contribution >= 0.6 is 0 Å². The number of fused-ring (bicyclic) bond motifs is 1. The lowest BCUT2D eigenvalue weighted by molar-refractivity contribution is -0.192. The Morgan fingerprint density at radius 2 is 1.83 bits per heavy atom. The van der Waals surface area contributed by atoms with Gasteiger partial charge in [0.2, 0.25) is 11.8 Å². The van der Waals surface area contributed by atoms with Crippen LogP contribution in [0.25, 0.3) is 0 Å². The van der Waals surface area contributed by atoms with Gasteiger partial charge in [0.05, 0.1) is 17.6 Å². The molecule has 0 bridgehead atoms. The van der Waals surface area contributed by atoms with Crippen molar-refractivity contribution < 1.29 is 22.8 Å². The summed E-state index contributed by atoms with van der Waals surface area (Å²) in [5, 5.41) is 6.12. The van der Waals surface area contributed by atoms with Crippen LogP contribution in [0.2, 0.25) is 0 Å². The van der Waals surface area contributed by atoms with Gasteiger partial charge in [-0.1, -0.05) is 38.1 Å². The maximum atomic E-state index is 14.0. The summed E-state index contributed by atoms with van der Waals surface area (Å²) >= 11 is 0. The van der Waals surface area contributed by atoms with Crippen molar-refractivity contribution in [2.75, 3.05) is 12.4 Å². The molecule has 9 heteroatoms. The van der Waals surface area contributed by atoms with Gasteiger partial charge in [-0.3, -0.25) is 14.6 Å². The van der Waals surface area contributed by atoms with Crippen molar-refractivity contribution in [3.05, 3.63) is 59.4 Å². The van der Waals surface area contributed by atoms with Crippen LogP contribution in [-0.4, -0.2) is 47.0 Å². The third-order valence-electron chi connectivity index (χ3n) is 7.35. The summed E-state index contributed by atoms with van der Waals surface area (Å²) in [7, 11) is 1.17. The maximum Gasteiger partial charge on any atom is 0.414 e. The Bertz CT molecular complexity index is 1090. The van der Waals surface area contributed by atoms with Crippen LogP contribution in [-0.2, 0) is 21.4 Å². The second kappa shape index (κ2) is 9.17. The van der Waals surface area contributed by atoms with Crippen LogP contribution in [0.15, 0.2) is 42.6 Å². The topological polar surface area (TPSA) is 74.3 Å². The van der Waals surface area contributed by atoms with E-state index in [-0.39, 0.29) is 29.1 Å². The molecular weight excluding hydrogens is 457 g/mol. The number of nitrogens with zero attached hydrogens (tertiary/aromatic N) is 2. The summed E-state index contributed by atoms with van der Waals surface area (Å²) in [4.78, 5) is 28.8. The number of benzene rings is 1. The smallest absolute Gasteiger partial charge is 0.380 e. The van der Waals surface area contributed by atoms with Crippen molar-refractivity contribution in [1.29, 1.82) is 0 Å². The van der Waals surface area contributed by atoms with Crippen molar-refractivity contribution in [3.63, 3.8) is 0 Å². The van der Waals surface area contributed by atoms with Gasteiger partial charge in [-0.2, -0.15) is 13.2 Å². The molecule has 0 spiro atoms. The zero-order valence-corrected chi connectivity index (χ0v) is 20.3. The highest BCUT2D eigenvalue weighted by Crippen LogP contribution is 2.41. The third kappa shape index (κ3) is 4.99. The van der Waals surface area contributed by atoms with Gasteiger partial charge in [-0.15, -0.1) is 0 Å². The molecule has 2 aliphatic carbocycles. The standard InChI is InChI=1S/C26H31F3N4O2/c1-15(34)31-19-11-17(12-19)24(35)33(4)23(26(27,28)29)21-10-9-18(14-30-21)32-22-13-16-7-5-6-8-20(16)25(22,2)3/h5-10,14,17,19,22-23,32H,11-13H2,1-4H3,(H,31,34)/t17?,19?,22-,23+/m1/s1. The van der Waals surface area contributed by atoms with Crippen molar-refractivity contribution in [2.24, 2.45) is 5.92 Å². The average Bonchev–Trinajstić information content (AvgIpc) is 3.00. The average molecular weight is 489 g/mol. The van der Waals surface area contributed by atoms with E-state index in [1.807, 2.05) is 12.1 Å².